The van der Waals surface area contributed by atoms with Gasteiger partial charge in [-0.3, -0.25) is 4.79 Å². The van der Waals surface area contributed by atoms with Gasteiger partial charge in [-0.25, -0.2) is 0 Å². The second-order valence-electron chi connectivity index (χ2n) is 5.31. The van der Waals surface area contributed by atoms with Gasteiger partial charge >= 0.3 is 0 Å². The van der Waals surface area contributed by atoms with E-state index in [0.717, 1.165) is 31.5 Å². The van der Waals surface area contributed by atoms with Crippen LogP contribution in [0, 0.1) is 0 Å². The monoisotopic (exact) mass is 350 g/mol. The van der Waals surface area contributed by atoms with Crippen LogP contribution in [-0.2, 0) is 4.79 Å². The normalized spacial score (nSPS) is 19.8. The van der Waals surface area contributed by atoms with Crippen molar-refractivity contribution in [3.8, 4) is 0 Å². The van der Waals surface area contributed by atoms with Crippen LogP contribution in [0.5, 0.6) is 0 Å². The van der Waals surface area contributed by atoms with Crippen LogP contribution in [0.1, 0.15) is 31.2 Å². The first kappa shape index (κ1) is 18.6. The van der Waals surface area contributed by atoms with Crippen molar-refractivity contribution < 1.29 is 4.79 Å². The van der Waals surface area contributed by atoms with E-state index in [-0.39, 0.29) is 24.2 Å². The molecule has 1 saturated heterocycles. The lowest BCUT2D eigenvalue weighted by Gasteiger charge is -2.34. The second kappa shape index (κ2) is 8.23. The van der Waals surface area contributed by atoms with Gasteiger partial charge in [-0.1, -0.05) is 29.3 Å². The van der Waals surface area contributed by atoms with Gasteiger partial charge in [0.25, 0.3) is 0 Å². The molecule has 2 unspecified atom stereocenters. The molecule has 1 aliphatic heterocycles. The summed E-state index contributed by atoms with van der Waals surface area (Å²) < 4.78 is 0. The number of nitrogens with zero attached hydrogens (tertiary/aromatic N) is 1. The highest BCUT2D eigenvalue weighted by Gasteiger charge is 2.27. The third kappa shape index (κ3) is 4.49. The molecular formula is C15H21Cl3N2O. The number of rotatable bonds is 3. The van der Waals surface area contributed by atoms with Crippen molar-refractivity contribution in [3.05, 3.63) is 33.8 Å². The van der Waals surface area contributed by atoms with Crippen LogP contribution in [0.25, 0.3) is 0 Å². The number of amides is 1. The molecule has 1 aromatic carbocycles. The lowest BCUT2D eigenvalue weighted by molar-refractivity contribution is -0.133. The lowest BCUT2D eigenvalue weighted by atomic mass is 9.97. The van der Waals surface area contributed by atoms with Crippen LogP contribution >= 0.6 is 35.6 Å². The van der Waals surface area contributed by atoms with Crippen LogP contribution in [0.4, 0.5) is 0 Å². The summed E-state index contributed by atoms with van der Waals surface area (Å²) in [5.74, 6) is -0.0382. The quantitative estimate of drug-likeness (QED) is 0.900. The summed E-state index contributed by atoms with van der Waals surface area (Å²) in [6, 6.07) is 5.80. The number of carbonyl (C=O) groups excluding carboxylic acids is 1. The molecular weight excluding hydrogens is 331 g/mol. The molecule has 0 spiro atoms. The summed E-state index contributed by atoms with van der Waals surface area (Å²) >= 11 is 11.9. The number of nitrogens with one attached hydrogen (secondary N) is 1. The SMILES string of the molecule is CNC1CCCN(C(=O)C(C)c2ccc(Cl)c(Cl)c2)C1.Cl. The molecule has 0 aliphatic carbocycles. The second-order valence-corrected chi connectivity index (χ2v) is 6.12. The maximum absolute atomic E-state index is 12.6. The van der Waals surface area contributed by atoms with Gasteiger partial charge in [-0.2, -0.15) is 0 Å². The van der Waals surface area contributed by atoms with E-state index >= 15 is 0 Å². The Morgan fingerprint density at radius 1 is 1.38 bits per heavy atom. The van der Waals surface area contributed by atoms with Crippen molar-refractivity contribution in [2.45, 2.75) is 31.7 Å². The molecule has 0 radical (unpaired) electrons. The van der Waals surface area contributed by atoms with Gasteiger partial charge < -0.3 is 10.2 Å². The van der Waals surface area contributed by atoms with Crippen LogP contribution in [0.2, 0.25) is 10.0 Å². The van der Waals surface area contributed by atoms with Gasteiger partial charge in [0.15, 0.2) is 0 Å². The fraction of sp³-hybridized carbons (Fsp3) is 0.533. The van der Waals surface area contributed by atoms with Gasteiger partial charge in [-0.05, 0) is 44.5 Å². The Balaban J connectivity index is 0.00000220. The molecule has 0 bridgehead atoms. The summed E-state index contributed by atoms with van der Waals surface area (Å²) in [5, 5.41) is 4.26. The Bertz CT molecular complexity index is 496. The molecule has 1 aromatic rings. The van der Waals surface area contributed by atoms with Crippen molar-refractivity contribution in [2.24, 2.45) is 0 Å². The zero-order chi connectivity index (χ0) is 14.7. The van der Waals surface area contributed by atoms with Gasteiger partial charge in [0.2, 0.25) is 5.91 Å². The molecule has 0 saturated carbocycles. The molecule has 118 valence electrons. The van der Waals surface area contributed by atoms with Crippen molar-refractivity contribution in [2.75, 3.05) is 20.1 Å². The number of carbonyl (C=O) groups is 1. The van der Waals surface area contributed by atoms with E-state index in [1.54, 1.807) is 12.1 Å². The van der Waals surface area contributed by atoms with E-state index in [1.807, 2.05) is 24.9 Å². The maximum Gasteiger partial charge on any atom is 0.229 e. The number of halogens is 3. The number of hydrogen-bond acceptors (Lipinski definition) is 2. The third-order valence-corrected chi connectivity index (χ3v) is 4.69. The van der Waals surface area contributed by atoms with Crippen molar-refractivity contribution in [1.29, 1.82) is 0 Å². The number of piperidine rings is 1. The lowest BCUT2D eigenvalue weighted by Crippen LogP contribution is -2.48. The Morgan fingerprint density at radius 2 is 2.10 bits per heavy atom. The van der Waals surface area contributed by atoms with E-state index in [2.05, 4.69) is 5.32 Å². The maximum atomic E-state index is 12.6. The molecule has 2 rings (SSSR count). The predicted octanol–water partition coefficient (Wildman–Crippen LogP) is 3.73. The van der Waals surface area contributed by atoms with E-state index < -0.39 is 0 Å². The van der Waals surface area contributed by atoms with Crippen molar-refractivity contribution >= 4 is 41.5 Å². The first-order chi connectivity index (χ1) is 9.52. The topological polar surface area (TPSA) is 32.3 Å². The molecule has 21 heavy (non-hydrogen) atoms. The summed E-state index contributed by atoms with van der Waals surface area (Å²) in [6.45, 7) is 3.54. The molecule has 2 atom stereocenters. The highest BCUT2D eigenvalue weighted by molar-refractivity contribution is 6.42. The van der Waals surface area contributed by atoms with E-state index in [4.69, 9.17) is 23.2 Å². The van der Waals surface area contributed by atoms with Crippen LogP contribution in [0.3, 0.4) is 0 Å². The zero-order valence-corrected chi connectivity index (χ0v) is 14.6. The van der Waals surface area contributed by atoms with Gasteiger partial charge in [0.05, 0.1) is 16.0 Å². The molecule has 0 aromatic heterocycles. The van der Waals surface area contributed by atoms with E-state index in [1.165, 1.54) is 0 Å². The number of likely N-dealkylation sites (tertiary alicyclic amines) is 1. The molecule has 3 nitrogen and oxygen atoms in total. The number of benzene rings is 1. The largest absolute Gasteiger partial charge is 0.341 e. The Labute approximate surface area is 142 Å². The summed E-state index contributed by atoms with van der Waals surface area (Å²) in [6.07, 6.45) is 2.17. The fourth-order valence-corrected chi connectivity index (χ4v) is 2.92. The average Bonchev–Trinajstić information content (AvgIpc) is 2.48. The minimum absolute atomic E-state index is 0. The van der Waals surface area contributed by atoms with Gasteiger partial charge in [0, 0.05) is 19.1 Å². The Morgan fingerprint density at radius 3 is 2.71 bits per heavy atom. The Kier molecular flexibility index (Phi) is 7.28. The number of hydrogen-bond donors (Lipinski definition) is 1. The highest BCUT2D eigenvalue weighted by atomic mass is 35.5. The fourth-order valence-electron chi connectivity index (χ4n) is 2.61. The van der Waals surface area contributed by atoms with Gasteiger partial charge in [0.1, 0.15) is 0 Å². The minimum Gasteiger partial charge on any atom is -0.341 e. The summed E-state index contributed by atoms with van der Waals surface area (Å²) in [7, 11) is 1.95. The number of likely N-dealkylation sites (N-methyl/N-ethyl adjacent to an activating group) is 1. The predicted molar refractivity (Wildman–Crippen MR) is 90.8 cm³/mol. The van der Waals surface area contributed by atoms with Crippen molar-refractivity contribution in [3.63, 3.8) is 0 Å². The minimum atomic E-state index is -0.194. The molecule has 1 fully saturated rings. The molecule has 1 aliphatic rings. The van der Waals surface area contributed by atoms with E-state index in [9.17, 15) is 4.79 Å². The smallest absolute Gasteiger partial charge is 0.229 e. The third-order valence-electron chi connectivity index (χ3n) is 3.96. The van der Waals surface area contributed by atoms with Crippen LogP contribution in [0.15, 0.2) is 18.2 Å². The molecule has 1 amide bonds. The van der Waals surface area contributed by atoms with Crippen LogP contribution < -0.4 is 5.32 Å². The van der Waals surface area contributed by atoms with Crippen molar-refractivity contribution in [1.82, 2.24) is 10.2 Å². The molecule has 1 heterocycles. The average molecular weight is 352 g/mol. The zero-order valence-electron chi connectivity index (χ0n) is 12.2. The molecule has 1 N–H and O–H groups in total. The first-order valence-corrected chi connectivity index (χ1v) is 7.69. The molecule has 6 heteroatoms. The Hall–Kier alpha value is -0.480. The summed E-state index contributed by atoms with van der Waals surface area (Å²) in [4.78, 5) is 14.5. The van der Waals surface area contributed by atoms with Gasteiger partial charge in [-0.15, -0.1) is 12.4 Å². The van der Waals surface area contributed by atoms with E-state index in [0.29, 0.717) is 16.1 Å². The first-order valence-electron chi connectivity index (χ1n) is 6.94. The standard InChI is InChI=1S/C15H20Cl2N2O.ClH/c1-10(11-5-6-13(16)14(17)8-11)15(20)19-7-3-4-12(9-19)18-2;/h5-6,8,10,12,18H,3-4,7,9H2,1-2H3;1H. The summed E-state index contributed by atoms with van der Waals surface area (Å²) in [5.41, 5.74) is 0.913. The highest BCUT2D eigenvalue weighted by Crippen LogP contribution is 2.28. The van der Waals surface area contributed by atoms with Crippen LogP contribution in [-0.4, -0.2) is 37.0 Å².